The minimum Gasteiger partial charge on any atom is -0.347 e. The van der Waals surface area contributed by atoms with Gasteiger partial charge in [-0.2, -0.15) is 0 Å². The summed E-state index contributed by atoms with van der Waals surface area (Å²) in [6.45, 7) is 2.43. The van der Waals surface area contributed by atoms with Gasteiger partial charge in [0.05, 0.1) is 0 Å². The van der Waals surface area contributed by atoms with Crippen molar-refractivity contribution in [3.8, 4) is 0 Å². The largest absolute Gasteiger partial charge is 0.347 e. The van der Waals surface area contributed by atoms with Crippen LogP contribution >= 0.6 is 11.6 Å². The average Bonchev–Trinajstić information content (AvgIpc) is 2.63. The van der Waals surface area contributed by atoms with E-state index in [9.17, 15) is 4.79 Å². The minimum atomic E-state index is -0.274. The number of halogens is 1. The molecule has 3 rings (SSSR count). The van der Waals surface area contributed by atoms with Gasteiger partial charge < -0.3 is 10.6 Å². The van der Waals surface area contributed by atoms with Crippen molar-refractivity contribution in [1.29, 1.82) is 0 Å². The molecule has 0 bridgehead atoms. The molecule has 0 radical (unpaired) electrons. The Kier molecular flexibility index (Phi) is 5.26. The molecule has 3 aromatic rings. The minimum absolute atomic E-state index is 0.267. The number of aromatic nitrogens is 2. The molecule has 0 aliphatic rings. The molecular formula is C19H17ClN4O. The summed E-state index contributed by atoms with van der Waals surface area (Å²) in [4.78, 5) is 12.1. The highest BCUT2D eigenvalue weighted by atomic mass is 35.5. The van der Waals surface area contributed by atoms with Crippen molar-refractivity contribution in [3.63, 3.8) is 0 Å². The molecule has 1 aromatic heterocycles. The summed E-state index contributed by atoms with van der Waals surface area (Å²) >= 11 is 5.84. The zero-order chi connectivity index (χ0) is 17.6. The second kappa shape index (κ2) is 7.77. The van der Waals surface area contributed by atoms with Crippen LogP contribution in [0.2, 0.25) is 5.02 Å². The summed E-state index contributed by atoms with van der Waals surface area (Å²) in [7, 11) is 0. The molecule has 5 nitrogen and oxygen atoms in total. The Labute approximate surface area is 151 Å². The lowest BCUT2D eigenvalue weighted by atomic mass is 10.2. The monoisotopic (exact) mass is 352 g/mol. The van der Waals surface area contributed by atoms with E-state index in [0.717, 1.165) is 11.3 Å². The van der Waals surface area contributed by atoms with E-state index in [1.807, 2.05) is 43.3 Å². The SMILES string of the molecule is Cc1ccc(Nc2ccc(C(=O)NCc3ccc(Cl)cc3)nn2)cc1. The fourth-order valence-electron chi connectivity index (χ4n) is 2.18. The van der Waals surface area contributed by atoms with Crippen LogP contribution in [0.25, 0.3) is 0 Å². The van der Waals surface area contributed by atoms with Crippen LogP contribution in [0, 0.1) is 6.92 Å². The van der Waals surface area contributed by atoms with Gasteiger partial charge in [-0.15, -0.1) is 10.2 Å². The number of nitrogens with one attached hydrogen (secondary N) is 2. The molecule has 0 spiro atoms. The lowest BCUT2D eigenvalue weighted by Gasteiger charge is -2.07. The molecule has 6 heteroatoms. The first-order chi connectivity index (χ1) is 12.1. The summed E-state index contributed by atoms with van der Waals surface area (Å²) in [6.07, 6.45) is 0. The molecule has 1 heterocycles. The predicted molar refractivity (Wildman–Crippen MR) is 99.1 cm³/mol. The smallest absolute Gasteiger partial charge is 0.272 e. The molecule has 126 valence electrons. The molecule has 0 fully saturated rings. The number of carbonyl (C=O) groups excluding carboxylic acids is 1. The lowest BCUT2D eigenvalue weighted by molar-refractivity contribution is 0.0945. The Morgan fingerprint density at radius 2 is 1.68 bits per heavy atom. The maximum atomic E-state index is 12.1. The maximum absolute atomic E-state index is 12.1. The first-order valence-electron chi connectivity index (χ1n) is 7.80. The van der Waals surface area contributed by atoms with Gasteiger partial charge in [0.25, 0.3) is 5.91 Å². The van der Waals surface area contributed by atoms with E-state index >= 15 is 0 Å². The number of amides is 1. The van der Waals surface area contributed by atoms with Gasteiger partial charge in [0.15, 0.2) is 11.5 Å². The standard InChI is InChI=1S/C19H17ClN4O/c1-13-2-8-16(9-3-13)22-18-11-10-17(23-24-18)19(25)21-12-14-4-6-15(20)7-5-14/h2-11H,12H2,1H3,(H,21,25)(H,22,24). The molecule has 25 heavy (non-hydrogen) atoms. The topological polar surface area (TPSA) is 66.9 Å². The lowest BCUT2D eigenvalue weighted by Crippen LogP contribution is -2.24. The van der Waals surface area contributed by atoms with Gasteiger partial charge in [-0.1, -0.05) is 41.4 Å². The van der Waals surface area contributed by atoms with Crippen LogP contribution in [-0.2, 0) is 6.54 Å². The Balaban J connectivity index is 1.58. The van der Waals surface area contributed by atoms with E-state index in [0.29, 0.717) is 17.4 Å². The molecule has 0 aliphatic heterocycles. The number of carbonyl (C=O) groups is 1. The summed E-state index contributed by atoms with van der Waals surface area (Å²) in [5, 5.41) is 14.6. The van der Waals surface area contributed by atoms with Gasteiger partial charge in [0.2, 0.25) is 0 Å². The first-order valence-corrected chi connectivity index (χ1v) is 8.18. The highest BCUT2D eigenvalue weighted by Gasteiger charge is 2.08. The number of nitrogens with zero attached hydrogens (tertiary/aromatic N) is 2. The first kappa shape index (κ1) is 16.9. The van der Waals surface area contributed by atoms with Crippen molar-refractivity contribution >= 4 is 29.0 Å². The summed E-state index contributed by atoms with van der Waals surface area (Å²) < 4.78 is 0. The Morgan fingerprint density at radius 3 is 2.32 bits per heavy atom. The van der Waals surface area contributed by atoms with Crippen LogP contribution in [0.1, 0.15) is 21.6 Å². The van der Waals surface area contributed by atoms with E-state index in [-0.39, 0.29) is 11.6 Å². The van der Waals surface area contributed by atoms with Crippen molar-refractivity contribution in [1.82, 2.24) is 15.5 Å². The zero-order valence-electron chi connectivity index (χ0n) is 13.7. The van der Waals surface area contributed by atoms with Gasteiger partial charge in [-0.3, -0.25) is 4.79 Å². The third-order valence-electron chi connectivity index (χ3n) is 3.59. The Bertz CT molecular complexity index is 846. The Hall–Kier alpha value is -2.92. The molecule has 0 unspecified atom stereocenters. The fraction of sp³-hybridized carbons (Fsp3) is 0.105. The summed E-state index contributed by atoms with van der Waals surface area (Å²) in [6, 6.07) is 18.6. The molecule has 1 amide bonds. The van der Waals surface area contributed by atoms with Gasteiger partial charge >= 0.3 is 0 Å². The van der Waals surface area contributed by atoms with Gasteiger partial charge in [-0.05, 0) is 48.9 Å². The normalized spacial score (nSPS) is 10.3. The quantitative estimate of drug-likeness (QED) is 0.725. The van der Waals surface area contributed by atoms with Crippen LogP contribution in [-0.4, -0.2) is 16.1 Å². The Morgan fingerprint density at radius 1 is 0.960 bits per heavy atom. The average molecular weight is 353 g/mol. The molecule has 0 saturated heterocycles. The number of rotatable bonds is 5. The number of anilines is 2. The van der Waals surface area contributed by atoms with Gasteiger partial charge in [-0.25, -0.2) is 0 Å². The molecular weight excluding hydrogens is 336 g/mol. The van der Waals surface area contributed by atoms with Crippen molar-refractivity contribution in [2.24, 2.45) is 0 Å². The molecule has 2 N–H and O–H groups in total. The van der Waals surface area contributed by atoms with E-state index in [2.05, 4.69) is 20.8 Å². The molecule has 0 atom stereocenters. The van der Waals surface area contributed by atoms with Crippen LogP contribution < -0.4 is 10.6 Å². The van der Waals surface area contributed by atoms with E-state index < -0.39 is 0 Å². The third kappa shape index (κ3) is 4.78. The number of hydrogen-bond acceptors (Lipinski definition) is 4. The van der Waals surface area contributed by atoms with Crippen molar-refractivity contribution in [2.45, 2.75) is 13.5 Å². The summed E-state index contributed by atoms with van der Waals surface area (Å²) in [5.74, 6) is 0.308. The second-order valence-electron chi connectivity index (χ2n) is 5.60. The number of hydrogen-bond donors (Lipinski definition) is 2. The van der Waals surface area contributed by atoms with Gasteiger partial charge in [0, 0.05) is 17.3 Å². The molecule has 0 saturated carbocycles. The van der Waals surface area contributed by atoms with Crippen LogP contribution in [0.15, 0.2) is 60.7 Å². The van der Waals surface area contributed by atoms with Crippen molar-refractivity contribution in [3.05, 3.63) is 82.5 Å². The van der Waals surface area contributed by atoms with Gasteiger partial charge in [0.1, 0.15) is 0 Å². The van der Waals surface area contributed by atoms with Crippen LogP contribution in [0.3, 0.4) is 0 Å². The summed E-state index contributed by atoms with van der Waals surface area (Å²) in [5.41, 5.74) is 3.33. The fourth-order valence-corrected chi connectivity index (χ4v) is 2.31. The van der Waals surface area contributed by atoms with Crippen molar-refractivity contribution < 1.29 is 4.79 Å². The highest BCUT2D eigenvalue weighted by molar-refractivity contribution is 6.30. The molecule has 0 aliphatic carbocycles. The number of benzene rings is 2. The van der Waals surface area contributed by atoms with Crippen LogP contribution in [0.4, 0.5) is 11.5 Å². The van der Waals surface area contributed by atoms with E-state index in [1.54, 1.807) is 24.3 Å². The van der Waals surface area contributed by atoms with Crippen LogP contribution in [0.5, 0.6) is 0 Å². The second-order valence-corrected chi connectivity index (χ2v) is 6.04. The van der Waals surface area contributed by atoms with Crippen molar-refractivity contribution in [2.75, 3.05) is 5.32 Å². The maximum Gasteiger partial charge on any atom is 0.272 e. The number of aryl methyl sites for hydroxylation is 1. The zero-order valence-corrected chi connectivity index (χ0v) is 14.4. The van der Waals surface area contributed by atoms with E-state index in [1.165, 1.54) is 5.56 Å². The molecule has 2 aromatic carbocycles. The predicted octanol–water partition coefficient (Wildman–Crippen LogP) is 4.11. The van der Waals surface area contributed by atoms with E-state index in [4.69, 9.17) is 11.6 Å². The third-order valence-corrected chi connectivity index (χ3v) is 3.84. The highest BCUT2D eigenvalue weighted by Crippen LogP contribution is 2.14.